The Hall–Kier alpha value is -1.60. The maximum atomic E-state index is 13.3. The van der Waals surface area contributed by atoms with E-state index in [9.17, 15) is 17.6 Å². The number of rotatable bonds is 4. The van der Waals surface area contributed by atoms with Gasteiger partial charge in [-0.1, -0.05) is 0 Å². The van der Waals surface area contributed by atoms with Gasteiger partial charge in [0, 0.05) is 20.6 Å². The summed E-state index contributed by atoms with van der Waals surface area (Å²) in [7, 11) is 2.88. The van der Waals surface area contributed by atoms with Gasteiger partial charge < -0.3 is 10.2 Å². The second-order valence-corrected chi connectivity index (χ2v) is 3.40. The second-order valence-electron chi connectivity index (χ2n) is 3.40. The molecule has 1 N–H and O–H groups in total. The average Bonchev–Trinajstić information content (AvgIpc) is 2.25. The van der Waals surface area contributed by atoms with Crippen molar-refractivity contribution in [3.8, 4) is 0 Å². The number of nitrogens with zero attached hydrogens (tertiary/aromatic N) is 3. The lowest BCUT2D eigenvalue weighted by Crippen LogP contribution is -2.26. The van der Waals surface area contributed by atoms with Crippen LogP contribution in [0.25, 0.3) is 0 Å². The van der Waals surface area contributed by atoms with Crippen molar-refractivity contribution in [3.63, 3.8) is 0 Å². The van der Waals surface area contributed by atoms with Crippen LogP contribution >= 0.6 is 0 Å². The molecule has 8 heteroatoms. The summed E-state index contributed by atoms with van der Waals surface area (Å²) < 4.78 is 49.3. The van der Waals surface area contributed by atoms with Crippen LogP contribution in [0.1, 0.15) is 6.42 Å². The first-order valence-corrected chi connectivity index (χ1v) is 4.81. The molecule has 0 bridgehead atoms. The van der Waals surface area contributed by atoms with E-state index in [2.05, 4.69) is 15.3 Å². The molecule has 0 aromatic carbocycles. The molecule has 96 valence electrons. The highest BCUT2D eigenvalue weighted by atomic mass is 19.4. The Morgan fingerprint density at radius 1 is 1.41 bits per heavy atom. The van der Waals surface area contributed by atoms with Gasteiger partial charge in [0.05, 0.1) is 12.6 Å². The number of alkyl halides is 3. The van der Waals surface area contributed by atoms with Gasteiger partial charge in [0.25, 0.3) is 0 Å². The smallest absolute Gasteiger partial charge is 0.357 e. The van der Waals surface area contributed by atoms with Crippen LogP contribution in [0, 0.1) is 5.82 Å². The highest BCUT2D eigenvalue weighted by molar-refractivity contribution is 5.42. The molecular weight excluding hydrogens is 240 g/mol. The molecule has 0 fully saturated rings. The zero-order valence-electron chi connectivity index (χ0n) is 9.35. The van der Waals surface area contributed by atoms with Gasteiger partial charge in [-0.2, -0.15) is 18.2 Å². The summed E-state index contributed by atoms with van der Waals surface area (Å²) in [4.78, 5) is 8.46. The topological polar surface area (TPSA) is 41.1 Å². The van der Waals surface area contributed by atoms with Crippen LogP contribution in [0.15, 0.2) is 6.20 Å². The summed E-state index contributed by atoms with van der Waals surface area (Å²) in [5.74, 6) is -0.762. The first-order valence-electron chi connectivity index (χ1n) is 4.81. The zero-order valence-corrected chi connectivity index (χ0v) is 9.35. The highest BCUT2D eigenvalue weighted by Gasteiger charge is 2.27. The Morgan fingerprint density at radius 2 is 2.06 bits per heavy atom. The summed E-state index contributed by atoms with van der Waals surface area (Å²) in [5.41, 5.74) is 0. The van der Waals surface area contributed by atoms with Crippen LogP contribution in [-0.2, 0) is 0 Å². The quantitative estimate of drug-likeness (QED) is 0.833. The van der Waals surface area contributed by atoms with Crippen molar-refractivity contribution in [1.82, 2.24) is 9.97 Å². The molecular formula is C9H12F4N4. The van der Waals surface area contributed by atoms with Crippen molar-refractivity contribution in [1.29, 1.82) is 0 Å². The van der Waals surface area contributed by atoms with Crippen molar-refractivity contribution < 1.29 is 17.6 Å². The standard InChI is InChI=1S/C9H12F4N4/c1-14-8-15-5-6(10)7(16-8)17(2)4-3-9(11,12)13/h5H,3-4H2,1-2H3,(H,14,15,16). The minimum atomic E-state index is -4.27. The summed E-state index contributed by atoms with van der Waals surface area (Å²) in [6, 6.07) is 0. The normalized spacial score (nSPS) is 11.4. The fraction of sp³-hybridized carbons (Fsp3) is 0.556. The van der Waals surface area contributed by atoms with Gasteiger partial charge in [-0.05, 0) is 0 Å². The zero-order chi connectivity index (χ0) is 13.1. The number of aromatic nitrogens is 2. The van der Waals surface area contributed by atoms with Gasteiger partial charge in [0.15, 0.2) is 11.6 Å². The maximum Gasteiger partial charge on any atom is 0.390 e. The third-order valence-electron chi connectivity index (χ3n) is 2.04. The van der Waals surface area contributed by atoms with Crippen molar-refractivity contribution in [3.05, 3.63) is 12.0 Å². The minimum Gasteiger partial charge on any atom is -0.357 e. The van der Waals surface area contributed by atoms with Gasteiger partial charge >= 0.3 is 6.18 Å². The lowest BCUT2D eigenvalue weighted by molar-refractivity contribution is -0.132. The molecule has 1 heterocycles. The number of nitrogens with one attached hydrogen (secondary N) is 1. The third kappa shape index (κ3) is 4.04. The molecule has 0 amide bonds. The lowest BCUT2D eigenvalue weighted by Gasteiger charge is -2.19. The SMILES string of the molecule is CNc1ncc(F)c(N(C)CCC(F)(F)F)n1. The average molecular weight is 252 g/mol. The van der Waals surface area contributed by atoms with Crippen LogP contribution in [0.3, 0.4) is 0 Å². The van der Waals surface area contributed by atoms with E-state index in [-0.39, 0.29) is 18.3 Å². The molecule has 0 atom stereocenters. The van der Waals surface area contributed by atoms with Crippen LogP contribution < -0.4 is 10.2 Å². The van der Waals surface area contributed by atoms with Crippen LogP contribution in [0.4, 0.5) is 29.3 Å². The molecule has 17 heavy (non-hydrogen) atoms. The monoisotopic (exact) mass is 252 g/mol. The molecule has 4 nitrogen and oxygen atoms in total. The largest absolute Gasteiger partial charge is 0.390 e. The number of anilines is 2. The van der Waals surface area contributed by atoms with Crippen molar-refractivity contribution in [2.45, 2.75) is 12.6 Å². The first-order chi connectivity index (χ1) is 7.83. The maximum absolute atomic E-state index is 13.3. The van der Waals surface area contributed by atoms with Gasteiger partial charge in [0.2, 0.25) is 5.95 Å². The predicted octanol–water partition coefficient (Wildman–Crippen LogP) is 2.05. The first kappa shape index (κ1) is 13.5. The Labute approximate surface area is 95.7 Å². The van der Waals surface area contributed by atoms with Crippen molar-refractivity contribution in [2.24, 2.45) is 0 Å². The molecule has 1 aromatic rings. The van der Waals surface area contributed by atoms with E-state index >= 15 is 0 Å². The van der Waals surface area contributed by atoms with E-state index in [0.29, 0.717) is 0 Å². The number of hydrogen-bond acceptors (Lipinski definition) is 4. The molecule has 0 aliphatic carbocycles. The van der Waals surface area contributed by atoms with Gasteiger partial charge in [-0.25, -0.2) is 9.37 Å². The van der Waals surface area contributed by atoms with E-state index in [1.54, 1.807) is 0 Å². The highest BCUT2D eigenvalue weighted by Crippen LogP contribution is 2.22. The molecule has 0 saturated heterocycles. The van der Waals surface area contributed by atoms with Crippen molar-refractivity contribution >= 4 is 11.8 Å². The minimum absolute atomic E-state index is 0.153. The van der Waals surface area contributed by atoms with E-state index in [1.807, 2.05) is 0 Å². The molecule has 0 unspecified atom stereocenters. The van der Waals surface area contributed by atoms with E-state index in [1.165, 1.54) is 14.1 Å². The molecule has 0 spiro atoms. The summed E-state index contributed by atoms with van der Waals surface area (Å²) in [5, 5.41) is 2.58. The predicted molar refractivity (Wildman–Crippen MR) is 55.5 cm³/mol. The van der Waals surface area contributed by atoms with E-state index in [0.717, 1.165) is 11.1 Å². The third-order valence-corrected chi connectivity index (χ3v) is 2.04. The molecule has 1 rings (SSSR count). The van der Waals surface area contributed by atoms with Crippen LogP contribution in [0.2, 0.25) is 0 Å². The van der Waals surface area contributed by atoms with E-state index in [4.69, 9.17) is 0 Å². The number of hydrogen-bond donors (Lipinski definition) is 1. The van der Waals surface area contributed by atoms with Gasteiger partial charge in [-0.15, -0.1) is 0 Å². The molecule has 1 aromatic heterocycles. The fourth-order valence-electron chi connectivity index (χ4n) is 1.15. The summed E-state index contributed by atoms with van der Waals surface area (Å²) in [6.45, 7) is -0.361. The van der Waals surface area contributed by atoms with Crippen molar-refractivity contribution in [2.75, 3.05) is 30.9 Å². The number of halogens is 4. The van der Waals surface area contributed by atoms with Gasteiger partial charge in [0.1, 0.15) is 0 Å². The molecule has 0 radical (unpaired) electrons. The van der Waals surface area contributed by atoms with E-state index < -0.39 is 18.4 Å². The fourth-order valence-corrected chi connectivity index (χ4v) is 1.15. The second kappa shape index (κ2) is 5.15. The van der Waals surface area contributed by atoms with Crippen LogP contribution in [-0.4, -0.2) is 36.8 Å². The Balaban J connectivity index is 2.77. The Morgan fingerprint density at radius 3 is 2.59 bits per heavy atom. The lowest BCUT2D eigenvalue weighted by atomic mass is 10.3. The summed E-state index contributed by atoms with van der Waals surface area (Å²) in [6.07, 6.45) is -4.39. The molecule has 0 aliphatic rings. The van der Waals surface area contributed by atoms with Gasteiger partial charge in [-0.3, -0.25) is 0 Å². The summed E-state index contributed by atoms with van der Waals surface area (Å²) >= 11 is 0. The Kier molecular flexibility index (Phi) is 4.08. The molecule has 0 aliphatic heterocycles. The Bertz CT molecular complexity index is 380. The molecule has 0 saturated carbocycles. The van der Waals surface area contributed by atoms with Crippen LogP contribution in [0.5, 0.6) is 0 Å².